The summed E-state index contributed by atoms with van der Waals surface area (Å²) in [6.07, 6.45) is 0. The molecule has 104 valence electrons. The highest BCUT2D eigenvalue weighted by molar-refractivity contribution is 7.80. The number of anilines is 2. The van der Waals surface area contributed by atoms with Crippen molar-refractivity contribution >= 4 is 52.0 Å². The molecule has 0 bridgehead atoms. The van der Waals surface area contributed by atoms with Gasteiger partial charge in [0, 0.05) is 10.7 Å². The third-order valence-corrected chi connectivity index (χ3v) is 3.53. The molecule has 0 saturated heterocycles. The predicted octanol–water partition coefficient (Wildman–Crippen LogP) is 3.78. The average molecular weight is 327 g/mol. The van der Waals surface area contributed by atoms with Crippen LogP contribution in [-0.4, -0.2) is 15.0 Å². The molecule has 0 amide bonds. The van der Waals surface area contributed by atoms with Crippen LogP contribution in [0.25, 0.3) is 0 Å². The second-order valence-electron chi connectivity index (χ2n) is 4.29. The molecule has 0 fully saturated rings. The smallest absolute Gasteiger partial charge is 0.228 e. The van der Waals surface area contributed by atoms with Gasteiger partial charge in [-0.15, -0.1) is 0 Å². The lowest BCUT2D eigenvalue weighted by Crippen LogP contribution is -2.13. The number of benzene rings is 1. The number of rotatable bonds is 3. The fourth-order valence-corrected chi connectivity index (χ4v) is 2.15. The molecule has 1 heterocycles. The van der Waals surface area contributed by atoms with Gasteiger partial charge in [-0.1, -0.05) is 35.4 Å². The summed E-state index contributed by atoms with van der Waals surface area (Å²) in [7, 11) is 0. The number of nitrogens with zero attached hydrogens (tertiary/aromatic N) is 2. The fourth-order valence-electron chi connectivity index (χ4n) is 1.61. The highest BCUT2D eigenvalue weighted by atomic mass is 35.5. The van der Waals surface area contributed by atoms with Crippen molar-refractivity contribution in [1.29, 1.82) is 0 Å². The second kappa shape index (κ2) is 5.91. The molecule has 0 radical (unpaired) electrons. The van der Waals surface area contributed by atoms with Gasteiger partial charge in [0.15, 0.2) is 0 Å². The quantitative estimate of drug-likeness (QED) is 0.840. The lowest BCUT2D eigenvalue weighted by atomic mass is 10.2. The van der Waals surface area contributed by atoms with Gasteiger partial charge in [-0.25, -0.2) is 9.97 Å². The molecule has 20 heavy (non-hydrogen) atoms. The lowest BCUT2D eigenvalue weighted by molar-refractivity contribution is 1.09. The highest BCUT2D eigenvalue weighted by Gasteiger charge is 2.09. The summed E-state index contributed by atoms with van der Waals surface area (Å²) < 4.78 is 0. The Morgan fingerprint density at radius 3 is 2.50 bits per heavy atom. The van der Waals surface area contributed by atoms with Crippen molar-refractivity contribution in [3.63, 3.8) is 0 Å². The van der Waals surface area contributed by atoms with Gasteiger partial charge in [0.1, 0.15) is 10.7 Å². The summed E-state index contributed by atoms with van der Waals surface area (Å²) in [4.78, 5) is 8.71. The molecule has 0 spiro atoms. The summed E-state index contributed by atoms with van der Waals surface area (Å²) in [6.45, 7) is 3.71. The Balaban J connectivity index is 2.40. The van der Waals surface area contributed by atoms with Gasteiger partial charge in [-0.3, -0.25) is 0 Å². The Labute approximate surface area is 132 Å². The van der Waals surface area contributed by atoms with Gasteiger partial charge in [-0.05, 0) is 37.6 Å². The molecule has 0 unspecified atom stereocenters. The first-order valence-corrected chi connectivity index (χ1v) is 6.91. The monoisotopic (exact) mass is 326 g/mol. The van der Waals surface area contributed by atoms with E-state index in [0.717, 1.165) is 11.3 Å². The van der Waals surface area contributed by atoms with Crippen molar-refractivity contribution in [2.75, 3.05) is 5.32 Å². The van der Waals surface area contributed by atoms with Gasteiger partial charge in [0.25, 0.3) is 0 Å². The standard InChI is InChI=1S/C13H12Cl2N4S/c1-6-3-9(15)10(5-8(6)14)18-13-17-7(2)4-11(19-13)12(16)20/h3-5H,1-2H3,(H2,16,20)(H,17,18,19). The first kappa shape index (κ1) is 15.0. The van der Waals surface area contributed by atoms with Crippen molar-refractivity contribution in [2.24, 2.45) is 5.73 Å². The number of aryl methyl sites for hydroxylation is 2. The van der Waals surface area contributed by atoms with E-state index in [1.54, 1.807) is 18.2 Å². The number of nitrogens with two attached hydrogens (primary N) is 1. The zero-order valence-corrected chi connectivity index (χ0v) is 13.2. The zero-order valence-electron chi connectivity index (χ0n) is 10.9. The number of hydrogen-bond acceptors (Lipinski definition) is 4. The lowest BCUT2D eigenvalue weighted by Gasteiger charge is -2.10. The van der Waals surface area contributed by atoms with E-state index < -0.39 is 0 Å². The number of aromatic nitrogens is 2. The van der Waals surface area contributed by atoms with Crippen LogP contribution < -0.4 is 11.1 Å². The molecule has 2 rings (SSSR count). The number of hydrogen-bond donors (Lipinski definition) is 2. The fraction of sp³-hybridized carbons (Fsp3) is 0.154. The van der Waals surface area contributed by atoms with E-state index in [-0.39, 0.29) is 4.99 Å². The van der Waals surface area contributed by atoms with Gasteiger partial charge < -0.3 is 11.1 Å². The van der Waals surface area contributed by atoms with E-state index >= 15 is 0 Å². The Kier molecular flexibility index (Phi) is 4.42. The Bertz CT molecular complexity index is 688. The molecule has 0 aliphatic carbocycles. The minimum atomic E-state index is 0.214. The van der Waals surface area contributed by atoms with Crippen LogP contribution in [0.3, 0.4) is 0 Å². The van der Waals surface area contributed by atoms with E-state index in [4.69, 9.17) is 41.2 Å². The largest absolute Gasteiger partial charge is 0.388 e. The maximum atomic E-state index is 6.17. The molecular formula is C13H12Cl2N4S. The van der Waals surface area contributed by atoms with Crippen LogP contribution >= 0.6 is 35.4 Å². The molecule has 0 saturated carbocycles. The molecule has 2 aromatic rings. The number of nitrogens with one attached hydrogen (secondary N) is 1. The number of thiocarbonyl (C=S) groups is 1. The van der Waals surface area contributed by atoms with Gasteiger partial charge >= 0.3 is 0 Å². The van der Waals surface area contributed by atoms with Crippen molar-refractivity contribution < 1.29 is 0 Å². The summed E-state index contributed by atoms with van der Waals surface area (Å²) in [5.41, 5.74) is 8.36. The zero-order chi connectivity index (χ0) is 14.9. The van der Waals surface area contributed by atoms with Crippen LogP contribution in [0.15, 0.2) is 18.2 Å². The van der Waals surface area contributed by atoms with E-state index in [0.29, 0.717) is 27.4 Å². The minimum absolute atomic E-state index is 0.214. The average Bonchev–Trinajstić information content (AvgIpc) is 2.35. The minimum Gasteiger partial charge on any atom is -0.388 e. The highest BCUT2D eigenvalue weighted by Crippen LogP contribution is 2.30. The second-order valence-corrected chi connectivity index (χ2v) is 5.54. The SMILES string of the molecule is Cc1cc(C(N)=S)nc(Nc2cc(Cl)c(C)cc2Cl)n1. The first-order valence-electron chi connectivity index (χ1n) is 5.75. The molecule has 7 heteroatoms. The van der Waals surface area contributed by atoms with Crippen molar-refractivity contribution in [3.05, 3.63) is 45.2 Å². The van der Waals surface area contributed by atoms with E-state index in [9.17, 15) is 0 Å². The Morgan fingerprint density at radius 2 is 1.85 bits per heavy atom. The Morgan fingerprint density at radius 1 is 1.15 bits per heavy atom. The molecular weight excluding hydrogens is 315 g/mol. The first-order chi connectivity index (χ1) is 9.36. The molecule has 3 N–H and O–H groups in total. The summed E-state index contributed by atoms with van der Waals surface area (Å²) in [5.74, 6) is 0.370. The van der Waals surface area contributed by atoms with E-state index in [1.165, 1.54) is 0 Å². The summed E-state index contributed by atoms with van der Waals surface area (Å²) in [5, 5.41) is 4.17. The molecule has 1 aromatic carbocycles. The van der Waals surface area contributed by atoms with Crippen LogP contribution in [0.4, 0.5) is 11.6 Å². The van der Waals surface area contributed by atoms with Crippen LogP contribution in [0.2, 0.25) is 10.0 Å². The van der Waals surface area contributed by atoms with E-state index in [2.05, 4.69) is 15.3 Å². The van der Waals surface area contributed by atoms with Gasteiger partial charge in [-0.2, -0.15) is 0 Å². The van der Waals surface area contributed by atoms with Crippen LogP contribution in [0.1, 0.15) is 17.0 Å². The molecule has 0 aliphatic heterocycles. The summed E-state index contributed by atoms with van der Waals surface area (Å²) >= 11 is 17.2. The third kappa shape index (κ3) is 3.36. The van der Waals surface area contributed by atoms with E-state index in [1.807, 2.05) is 13.8 Å². The molecule has 1 aromatic heterocycles. The molecule has 0 aliphatic rings. The van der Waals surface area contributed by atoms with Gasteiger partial charge in [0.05, 0.1) is 10.7 Å². The number of halogens is 2. The summed E-state index contributed by atoms with van der Waals surface area (Å²) in [6, 6.07) is 5.22. The third-order valence-electron chi connectivity index (χ3n) is 2.60. The topological polar surface area (TPSA) is 63.8 Å². The maximum Gasteiger partial charge on any atom is 0.228 e. The van der Waals surface area contributed by atoms with Crippen LogP contribution in [0.5, 0.6) is 0 Å². The van der Waals surface area contributed by atoms with Crippen LogP contribution in [0, 0.1) is 13.8 Å². The predicted molar refractivity (Wildman–Crippen MR) is 87.1 cm³/mol. The normalized spacial score (nSPS) is 10.4. The molecule has 4 nitrogen and oxygen atoms in total. The van der Waals surface area contributed by atoms with Crippen molar-refractivity contribution in [3.8, 4) is 0 Å². The van der Waals surface area contributed by atoms with Crippen molar-refractivity contribution in [1.82, 2.24) is 9.97 Å². The van der Waals surface area contributed by atoms with Gasteiger partial charge in [0.2, 0.25) is 5.95 Å². The Hall–Kier alpha value is -1.43. The van der Waals surface area contributed by atoms with Crippen LogP contribution in [-0.2, 0) is 0 Å². The maximum absolute atomic E-state index is 6.17. The molecule has 0 atom stereocenters. The van der Waals surface area contributed by atoms with Crippen molar-refractivity contribution in [2.45, 2.75) is 13.8 Å².